The van der Waals surface area contributed by atoms with Crippen molar-refractivity contribution in [1.82, 2.24) is 0 Å². The van der Waals surface area contributed by atoms with Crippen LogP contribution in [0.2, 0.25) is 0 Å². The lowest BCUT2D eigenvalue weighted by Gasteiger charge is -1.98. The van der Waals surface area contributed by atoms with Crippen LogP contribution in [0, 0.1) is 10.1 Å². The quantitative estimate of drug-likeness (QED) is 0.583. The molecule has 0 saturated heterocycles. The molecule has 80 valence electrons. The maximum atomic E-state index is 11.5. The van der Waals surface area contributed by atoms with Gasteiger partial charge < -0.3 is 0 Å². The number of benzene rings is 1. The summed E-state index contributed by atoms with van der Waals surface area (Å²) in [7, 11) is -3.55. The van der Waals surface area contributed by atoms with Crippen molar-refractivity contribution in [2.45, 2.75) is 11.8 Å². The largest absolute Gasteiger partial charge is 0.270 e. The number of nitro groups is 1. The second-order valence-corrected chi connectivity index (χ2v) is 4.60. The highest BCUT2D eigenvalue weighted by Crippen LogP contribution is 2.18. The SMILES string of the molecule is CC=CS(=O)(=O)c1cccc([N+](=O)[O-])c1. The Labute approximate surface area is 87.1 Å². The number of sulfone groups is 1. The molecule has 0 heterocycles. The van der Waals surface area contributed by atoms with Crippen LogP contribution in [-0.2, 0) is 9.84 Å². The summed E-state index contributed by atoms with van der Waals surface area (Å²) in [5.74, 6) is 0. The van der Waals surface area contributed by atoms with Gasteiger partial charge in [0.25, 0.3) is 5.69 Å². The van der Waals surface area contributed by atoms with Crippen LogP contribution in [0.3, 0.4) is 0 Å². The molecule has 15 heavy (non-hydrogen) atoms. The van der Waals surface area contributed by atoms with Gasteiger partial charge in [-0.1, -0.05) is 12.1 Å². The second-order valence-electron chi connectivity index (χ2n) is 2.77. The molecule has 0 unspecified atom stereocenters. The summed E-state index contributed by atoms with van der Waals surface area (Å²) in [5.41, 5.74) is -0.236. The van der Waals surface area contributed by atoms with E-state index in [9.17, 15) is 18.5 Å². The summed E-state index contributed by atoms with van der Waals surface area (Å²) < 4.78 is 23.0. The molecule has 0 N–H and O–H groups in total. The molecule has 0 aliphatic rings. The first kappa shape index (κ1) is 11.4. The number of nitro benzene ring substituents is 1. The molecule has 0 amide bonds. The number of hydrogen-bond acceptors (Lipinski definition) is 4. The molecule has 0 radical (unpaired) electrons. The van der Waals surface area contributed by atoms with Gasteiger partial charge in [-0.15, -0.1) is 0 Å². The van der Waals surface area contributed by atoms with Gasteiger partial charge in [0.15, 0.2) is 9.84 Å². The van der Waals surface area contributed by atoms with E-state index in [0.717, 1.165) is 11.5 Å². The van der Waals surface area contributed by atoms with Gasteiger partial charge in [-0.25, -0.2) is 8.42 Å². The van der Waals surface area contributed by atoms with E-state index in [4.69, 9.17) is 0 Å². The Balaban J connectivity index is 3.28. The van der Waals surface area contributed by atoms with E-state index in [2.05, 4.69) is 0 Å². The number of allylic oxidation sites excluding steroid dienone is 1. The smallest absolute Gasteiger partial charge is 0.258 e. The lowest BCUT2D eigenvalue weighted by molar-refractivity contribution is -0.385. The van der Waals surface area contributed by atoms with Gasteiger partial charge in [0, 0.05) is 17.5 Å². The fourth-order valence-electron chi connectivity index (χ4n) is 1.03. The Morgan fingerprint density at radius 3 is 2.60 bits per heavy atom. The molecule has 0 aliphatic carbocycles. The molecule has 0 aliphatic heterocycles. The molecule has 1 aromatic rings. The number of rotatable bonds is 3. The molecule has 1 rings (SSSR count). The van der Waals surface area contributed by atoms with Crippen LogP contribution < -0.4 is 0 Å². The van der Waals surface area contributed by atoms with Crippen molar-refractivity contribution < 1.29 is 13.3 Å². The number of non-ortho nitro benzene ring substituents is 1. The number of hydrogen-bond donors (Lipinski definition) is 0. The van der Waals surface area contributed by atoms with Crippen molar-refractivity contribution in [3.8, 4) is 0 Å². The normalized spacial score (nSPS) is 11.8. The highest BCUT2D eigenvalue weighted by atomic mass is 32.2. The third kappa shape index (κ3) is 2.63. The van der Waals surface area contributed by atoms with Crippen molar-refractivity contribution in [3.63, 3.8) is 0 Å². The van der Waals surface area contributed by atoms with Gasteiger partial charge in [0.05, 0.1) is 9.82 Å². The van der Waals surface area contributed by atoms with Crippen molar-refractivity contribution >= 4 is 15.5 Å². The minimum Gasteiger partial charge on any atom is -0.258 e. The first-order valence-corrected chi connectivity index (χ1v) is 5.64. The predicted molar refractivity (Wildman–Crippen MR) is 55.1 cm³/mol. The van der Waals surface area contributed by atoms with Gasteiger partial charge in [-0.05, 0) is 13.0 Å². The van der Waals surface area contributed by atoms with Gasteiger partial charge in [0.1, 0.15) is 0 Å². The van der Waals surface area contributed by atoms with Gasteiger partial charge in [-0.2, -0.15) is 0 Å². The molecule has 6 heteroatoms. The molecular formula is C9H9NO4S. The van der Waals surface area contributed by atoms with Crippen molar-refractivity contribution in [3.05, 3.63) is 45.9 Å². The molecule has 0 spiro atoms. The lowest BCUT2D eigenvalue weighted by Crippen LogP contribution is -1.97. The zero-order chi connectivity index (χ0) is 11.5. The van der Waals surface area contributed by atoms with Gasteiger partial charge in [0.2, 0.25) is 0 Å². The Kier molecular flexibility index (Phi) is 3.21. The summed E-state index contributed by atoms with van der Waals surface area (Å²) in [6.07, 6.45) is 1.37. The Hall–Kier alpha value is -1.69. The van der Waals surface area contributed by atoms with Crippen LogP contribution in [0.15, 0.2) is 40.6 Å². The first-order valence-electron chi connectivity index (χ1n) is 4.09. The van der Waals surface area contributed by atoms with Crippen molar-refractivity contribution in [2.75, 3.05) is 0 Å². The molecule has 0 fully saturated rings. The molecule has 5 nitrogen and oxygen atoms in total. The summed E-state index contributed by atoms with van der Waals surface area (Å²) in [5, 5.41) is 11.4. The predicted octanol–water partition coefficient (Wildman–Crippen LogP) is 1.90. The van der Waals surface area contributed by atoms with Crippen LogP contribution >= 0.6 is 0 Å². The highest BCUT2D eigenvalue weighted by molar-refractivity contribution is 7.94. The van der Waals surface area contributed by atoms with Crippen molar-refractivity contribution in [1.29, 1.82) is 0 Å². The Morgan fingerprint density at radius 2 is 2.07 bits per heavy atom. The zero-order valence-corrected chi connectivity index (χ0v) is 8.77. The van der Waals surface area contributed by atoms with Crippen LogP contribution in [0.5, 0.6) is 0 Å². The zero-order valence-electron chi connectivity index (χ0n) is 7.95. The maximum absolute atomic E-state index is 11.5. The van der Waals surface area contributed by atoms with E-state index in [1.54, 1.807) is 6.92 Å². The highest BCUT2D eigenvalue weighted by Gasteiger charge is 2.14. The molecule has 0 aromatic heterocycles. The first-order chi connectivity index (χ1) is 6.97. The van der Waals surface area contributed by atoms with Crippen LogP contribution in [0.1, 0.15) is 6.92 Å². The average Bonchev–Trinajstić information content (AvgIpc) is 2.18. The van der Waals surface area contributed by atoms with Crippen LogP contribution in [-0.4, -0.2) is 13.3 Å². The Morgan fingerprint density at radius 1 is 1.40 bits per heavy atom. The third-order valence-corrected chi connectivity index (χ3v) is 3.21. The minimum atomic E-state index is -3.55. The summed E-state index contributed by atoms with van der Waals surface area (Å²) in [6, 6.07) is 4.95. The minimum absolute atomic E-state index is 0.0743. The lowest BCUT2D eigenvalue weighted by atomic mass is 10.3. The van der Waals surface area contributed by atoms with E-state index < -0.39 is 14.8 Å². The third-order valence-electron chi connectivity index (χ3n) is 1.67. The molecule has 0 saturated carbocycles. The average molecular weight is 227 g/mol. The van der Waals surface area contributed by atoms with Gasteiger partial charge >= 0.3 is 0 Å². The van der Waals surface area contributed by atoms with Gasteiger partial charge in [-0.3, -0.25) is 10.1 Å². The summed E-state index contributed by atoms with van der Waals surface area (Å²) in [6.45, 7) is 1.56. The summed E-state index contributed by atoms with van der Waals surface area (Å²) in [4.78, 5) is 9.73. The topological polar surface area (TPSA) is 77.3 Å². The molecule has 0 atom stereocenters. The van der Waals surface area contributed by atoms with E-state index in [1.807, 2.05) is 0 Å². The van der Waals surface area contributed by atoms with Crippen LogP contribution in [0.25, 0.3) is 0 Å². The van der Waals surface area contributed by atoms with E-state index in [-0.39, 0.29) is 10.6 Å². The monoisotopic (exact) mass is 227 g/mol. The fourth-order valence-corrected chi connectivity index (χ4v) is 2.10. The van der Waals surface area contributed by atoms with E-state index in [1.165, 1.54) is 24.3 Å². The standard InChI is InChI=1S/C9H9NO4S/c1-2-6-15(13,14)9-5-3-4-8(7-9)10(11)12/h2-7H,1H3. The second kappa shape index (κ2) is 4.22. The maximum Gasteiger partial charge on any atom is 0.270 e. The van der Waals surface area contributed by atoms with Crippen LogP contribution in [0.4, 0.5) is 5.69 Å². The molecular weight excluding hydrogens is 218 g/mol. The van der Waals surface area contributed by atoms with Crippen molar-refractivity contribution in [2.24, 2.45) is 0 Å². The number of nitrogens with zero attached hydrogens (tertiary/aromatic N) is 1. The fraction of sp³-hybridized carbons (Fsp3) is 0.111. The summed E-state index contributed by atoms with van der Waals surface area (Å²) >= 11 is 0. The Bertz CT molecular complexity index is 505. The molecule has 0 bridgehead atoms. The van der Waals surface area contributed by atoms with E-state index >= 15 is 0 Å². The van der Waals surface area contributed by atoms with E-state index in [0.29, 0.717) is 0 Å². The molecule has 1 aromatic carbocycles.